The second kappa shape index (κ2) is 6.49. The molecule has 2 N–H and O–H groups in total. The molecule has 0 saturated heterocycles. The van der Waals surface area contributed by atoms with Crippen LogP contribution in [0.1, 0.15) is 18.4 Å². The van der Waals surface area contributed by atoms with Crippen molar-refractivity contribution in [2.45, 2.75) is 12.8 Å². The molecular formula is C12H10Cl2N4O2. The number of nitrogens with zero attached hydrogens (tertiary/aromatic N) is 2. The summed E-state index contributed by atoms with van der Waals surface area (Å²) in [5.41, 5.74) is 5.67. The Kier molecular flexibility index (Phi) is 4.70. The van der Waals surface area contributed by atoms with Crippen LogP contribution in [0, 0.1) is 0 Å². The Hall–Kier alpha value is -1.92. The van der Waals surface area contributed by atoms with E-state index < -0.39 is 0 Å². The number of rotatable bonds is 4. The SMILES string of the molecule is O=C1CC(CC(=O)N/N=C/c2cccc(Cl)c2Cl)=NN1. The lowest BCUT2D eigenvalue weighted by Gasteiger charge is -2.00. The van der Waals surface area contributed by atoms with Crippen LogP contribution in [0.2, 0.25) is 10.0 Å². The van der Waals surface area contributed by atoms with Crippen molar-refractivity contribution >= 4 is 46.9 Å². The van der Waals surface area contributed by atoms with E-state index in [0.29, 0.717) is 21.3 Å². The van der Waals surface area contributed by atoms with Gasteiger partial charge in [0.1, 0.15) is 0 Å². The van der Waals surface area contributed by atoms with Crippen LogP contribution in [0.25, 0.3) is 0 Å². The molecule has 0 radical (unpaired) electrons. The van der Waals surface area contributed by atoms with Crippen molar-refractivity contribution in [3.8, 4) is 0 Å². The fourth-order valence-corrected chi connectivity index (χ4v) is 1.88. The molecule has 0 saturated carbocycles. The minimum absolute atomic E-state index is 0.0133. The van der Waals surface area contributed by atoms with Crippen LogP contribution in [0.5, 0.6) is 0 Å². The summed E-state index contributed by atoms with van der Waals surface area (Å²) in [5, 5.41) is 8.26. The summed E-state index contributed by atoms with van der Waals surface area (Å²) < 4.78 is 0. The average Bonchev–Trinajstić information content (AvgIpc) is 2.80. The van der Waals surface area contributed by atoms with Gasteiger partial charge < -0.3 is 0 Å². The van der Waals surface area contributed by atoms with E-state index in [1.165, 1.54) is 6.21 Å². The number of halogens is 2. The van der Waals surface area contributed by atoms with E-state index in [1.807, 2.05) is 0 Å². The highest BCUT2D eigenvalue weighted by Gasteiger charge is 2.16. The lowest BCUT2D eigenvalue weighted by Crippen LogP contribution is -2.20. The Balaban J connectivity index is 1.88. The van der Waals surface area contributed by atoms with Crippen molar-refractivity contribution < 1.29 is 9.59 Å². The van der Waals surface area contributed by atoms with Crippen LogP contribution in [0.4, 0.5) is 0 Å². The fourth-order valence-electron chi connectivity index (χ4n) is 1.53. The molecule has 0 aromatic heterocycles. The molecule has 1 aliphatic heterocycles. The largest absolute Gasteiger partial charge is 0.273 e. The molecule has 1 aromatic carbocycles. The maximum atomic E-state index is 11.5. The van der Waals surface area contributed by atoms with Crippen molar-refractivity contribution in [3.05, 3.63) is 33.8 Å². The van der Waals surface area contributed by atoms with E-state index in [9.17, 15) is 9.59 Å². The van der Waals surface area contributed by atoms with Gasteiger partial charge in [-0.05, 0) is 6.07 Å². The molecule has 0 aliphatic carbocycles. The first-order chi connectivity index (χ1) is 9.56. The second-order valence-electron chi connectivity index (χ2n) is 4.00. The zero-order chi connectivity index (χ0) is 14.5. The molecule has 0 spiro atoms. The third-order valence-electron chi connectivity index (χ3n) is 2.44. The number of benzene rings is 1. The lowest BCUT2D eigenvalue weighted by atomic mass is 10.2. The first-order valence-electron chi connectivity index (χ1n) is 5.66. The molecule has 1 aromatic rings. The van der Waals surface area contributed by atoms with Crippen LogP contribution in [-0.2, 0) is 9.59 Å². The fraction of sp³-hybridized carbons (Fsp3) is 0.167. The van der Waals surface area contributed by atoms with Gasteiger partial charge in [0.05, 0.1) is 34.8 Å². The summed E-state index contributed by atoms with van der Waals surface area (Å²) in [6.45, 7) is 0. The molecule has 2 rings (SSSR count). The van der Waals surface area contributed by atoms with Gasteiger partial charge in [0.2, 0.25) is 11.8 Å². The van der Waals surface area contributed by atoms with E-state index in [2.05, 4.69) is 21.1 Å². The molecule has 0 bridgehead atoms. The lowest BCUT2D eigenvalue weighted by molar-refractivity contribution is -0.119. The molecular weight excluding hydrogens is 303 g/mol. The first kappa shape index (κ1) is 14.5. The van der Waals surface area contributed by atoms with E-state index in [0.717, 1.165) is 0 Å². The molecule has 6 nitrogen and oxygen atoms in total. The van der Waals surface area contributed by atoms with Crippen LogP contribution in [0.15, 0.2) is 28.4 Å². The van der Waals surface area contributed by atoms with Gasteiger partial charge in [0, 0.05) is 5.56 Å². The number of hydrazone groups is 2. The average molecular weight is 313 g/mol. The van der Waals surface area contributed by atoms with Crippen molar-refractivity contribution in [1.29, 1.82) is 0 Å². The minimum Gasteiger partial charge on any atom is -0.273 e. The van der Waals surface area contributed by atoms with Gasteiger partial charge >= 0.3 is 0 Å². The Bertz CT molecular complexity index is 613. The van der Waals surface area contributed by atoms with Crippen LogP contribution < -0.4 is 10.9 Å². The maximum Gasteiger partial charge on any atom is 0.245 e. The Morgan fingerprint density at radius 3 is 3.00 bits per heavy atom. The van der Waals surface area contributed by atoms with Gasteiger partial charge in [0.25, 0.3) is 0 Å². The summed E-state index contributed by atoms with van der Waals surface area (Å²) in [7, 11) is 0. The van der Waals surface area contributed by atoms with Crippen LogP contribution in [-0.4, -0.2) is 23.7 Å². The zero-order valence-corrected chi connectivity index (χ0v) is 11.7. The number of amides is 2. The first-order valence-corrected chi connectivity index (χ1v) is 6.42. The third kappa shape index (κ3) is 3.79. The quantitative estimate of drug-likeness (QED) is 0.655. The summed E-state index contributed by atoms with van der Waals surface area (Å²) in [6, 6.07) is 5.09. The Morgan fingerprint density at radius 1 is 1.50 bits per heavy atom. The standard InChI is InChI=1S/C12H10Cl2N4O2/c13-9-3-1-2-7(12(9)14)6-15-17-10(19)4-8-5-11(20)18-16-8/h1-3,6H,4-5H2,(H,17,19)(H,18,20)/b15-6+. The molecule has 1 heterocycles. The van der Waals surface area contributed by atoms with Crippen molar-refractivity contribution in [3.63, 3.8) is 0 Å². The number of carbonyl (C=O) groups is 2. The molecule has 2 amide bonds. The Morgan fingerprint density at radius 2 is 2.30 bits per heavy atom. The number of hydrogen-bond acceptors (Lipinski definition) is 4. The van der Waals surface area contributed by atoms with Gasteiger partial charge in [-0.15, -0.1) is 0 Å². The normalized spacial score (nSPS) is 14.3. The van der Waals surface area contributed by atoms with Crippen molar-refractivity contribution in [2.75, 3.05) is 0 Å². The predicted octanol–water partition coefficient (Wildman–Crippen LogP) is 1.71. The highest BCUT2D eigenvalue weighted by molar-refractivity contribution is 6.43. The highest BCUT2D eigenvalue weighted by atomic mass is 35.5. The van der Waals surface area contributed by atoms with Crippen LogP contribution in [0.3, 0.4) is 0 Å². The maximum absolute atomic E-state index is 11.5. The third-order valence-corrected chi connectivity index (χ3v) is 3.28. The van der Waals surface area contributed by atoms with E-state index in [1.54, 1.807) is 18.2 Å². The molecule has 8 heteroatoms. The van der Waals surface area contributed by atoms with Crippen molar-refractivity contribution in [1.82, 2.24) is 10.9 Å². The molecule has 20 heavy (non-hydrogen) atoms. The number of nitrogens with one attached hydrogen (secondary N) is 2. The highest BCUT2D eigenvalue weighted by Crippen LogP contribution is 2.23. The summed E-state index contributed by atoms with van der Waals surface area (Å²) >= 11 is 11.8. The predicted molar refractivity (Wildman–Crippen MR) is 77.0 cm³/mol. The van der Waals surface area contributed by atoms with E-state index >= 15 is 0 Å². The minimum atomic E-state index is -0.366. The summed E-state index contributed by atoms with van der Waals surface area (Å²) in [4.78, 5) is 22.4. The zero-order valence-electron chi connectivity index (χ0n) is 10.2. The summed E-state index contributed by atoms with van der Waals surface area (Å²) in [6.07, 6.45) is 1.54. The van der Waals surface area contributed by atoms with Crippen molar-refractivity contribution in [2.24, 2.45) is 10.2 Å². The van der Waals surface area contributed by atoms with Gasteiger partial charge in [-0.2, -0.15) is 10.2 Å². The van der Waals surface area contributed by atoms with Gasteiger partial charge in [0.15, 0.2) is 0 Å². The van der Waals surface area contributed by atoms with Gasteiger partial charge in [-0.3, -0.25) is 9.59 Å². The van der Waals surface area contributed by atoms with Crippen LogP contribution >= 0.6 is 23.2 Å². The monoisotopic (exact) mass is 312 g/mol. The topological polar surface area (TPSA) is 82.9 Å². The second-order valence-corrected chi connectivity index (χ2v) is 4.79. The number of hydrogen-bond donors (Lipinski definition) is 2. The molecule has 104 valence electrons. The summed E-state index contributed by atoms with van der Waals surface area (Å²) in [5.74, 6) is -0.586. The molecule has 0 atom stereocenters. The molecule has 0 fully saturated rings. The molecule has 1 aliphatic rings. The van der Waals surface area contributed by atoms with Gasteiger partial charge in [-0.25, -0.2) is 10.9 Å². The van der Waals surface area contributed by atoms with Gasteiger partial charge in [-0.1, -0.05) is 35.3 Å². The Labute approximate surface area is 124 Å². The number of carbonyl (C=O) groups excluding carboxylic acids is 2. The smallest absolute Gasteiger partial charge is 0.245 e. The van der Waals surface area contributed by atoms with E-state index in [4.69, 9.17) is 23.2 Å². The molecule has 0 unspecified atom stereocenters. The van der Waals surface area contributed by atoms with E-state index in [-0.39, 0.29) is 24.7 Å².